The number of ether oxygens (including phenoxy) is 2. The Labute approximate surface area is 188 Å². The van der Waals surface area contributed by atoms with Gasteiger partial charge in [-0.15, -0.1) is 0 Å². The fourth-order valence-electron chi connectivity index (χ4n) is 3.50. The molecule has 0 aliphatic carbocycles. The van der Waals surface area contributed by atoms with Crippen molar-refractivity contribution in [1.82, 2.24) is 9.61 Å². The number of amides is 1. The summed E-state index contributed by atoms with van der Waals surface area (Å²) in [5.41, 5.74) is 2.34. The molecule has 0 aliphatic heterocycles. The number of hydrogen-bond donors (Lipinski definition) is 1. The second-order valence-corrected chi connectivity index (χ2v) is 8.21. The minimum absolute atomic E-state index is 0.474. The van der Waals surface area contributed by atoms with Crippen molar-refractivity contribution in [3.8, 4) is 11.8 Å². The van der Waals surface area contributed by atoms with Crippen LogP contribution < -0.4 is 15.0 Å². The number of rotatable bonds is 6. The second kappa shape index (κ2) is 9.18. The Kier molecular flexibility index (Phi) is 6.58. The molecule has 0 bridgehead atoms. The van der Waals surface area contributed by atoms with Gasteiger partial charge in [-0.25, -0.2) is 14.2 Å². The van der Waals surface area contributed by atoms with E-state index in [1.807, 2.05) is 41.5 Å². The largest absolute Gasteiger partial charge is 0.494 e. The molecule has 0 spiro atoms. The van der Waals surface area contributed by atoms with Gasteiger partial charge in [0, 0.05) is 12.1 Å². The van der Waals surface area contributed by atoms with Crippen LogP contribution in [0.5, 0.6) is 5.75 Å². The molecular weight excluding hydrogens is 406 g/mol. The molecule has 1 aromatic carbocycles. The van der Waals surface area contributed by atoms with E-state index in [0.717, 1.165) is 0 Å². The molecule has 0 atom stereocenters. The summed E-state index contributed by atoms with van der Waals surface area (Å²) < 4.78 is 12.9. The van der Waals surface area contributed by atoms with Crippen LogP contribution in [-0.2, 0) is 4.74 Å². The lowest BCUT2D eigenvalue weighted by Gasteiger charge is -2.29. The van der Waals surface area contributed by atoms with Crippen LogP contribution in [0.25, 0.3) is 5.52 Å². The Hall–Kier alpha value is -3.73. The first-order chi connectivity index (χ1) is 15.2. The van der Waals surface area contributed by atoms with E-state index < -0.39 is 11.7 Å². The standard InChI is InChI=1S/C24H29N5O3/c1-7-26-21-16(3)22(29-20(13-14-27-29)19(21)15-25)28(23(30)32-24(4,5)6)17-9-11-18(12-10-17)31-8-2/h9-14,26H,7-8H2,1-6H3. The van der Waals surface area contributed by atoms with Gasteiger partial charge < -0.3 is 14.8 Å². The summed E-state index contributed by atoms with van der Waals surface area (Å²) in [5, 5.41) is 17.5. The molecule has 0 aliphatic rings. The van der Waals surface area contributed by atoms with Crippen molar-refractivity contribution in [2.24, 2.45) is 0 Å². The number of benzene rings is 1. The molecule has 3 rings (SSSR count). The van der Waals surface area contributed by atoms with Gasteiger partial charge >= 0.3 is 6.09 Å². The van der Waals surface area contributed by atoms with Crippen molar-refractivity contribution >= 4 is 28.8 Å². The average Bonchev–Trinajstić information content (AvgIpc) is 3.20. The predicted molar refractivity (Wildman–Crippen MR) is 125 cm³/mol. The van der Waals surface area contributed by atoms with Crippen molar-refractivity contribution in [2.75, 3.05) is 23.4 Å². The quantitative estimate of drug-likeness (QED) is 0.556. The number of anilines is 3. The molecular formula is C24H29N5O3. The van der Waals surface area contributed by atoms with Gasteiger partial charge in [0.15, 0.2) is 0 Å². The number of nitriles is 1. The van der Waals surface area contributed by atoms with Gasteiger partial charge in [0.25, 0.3) is 0 Å². The van der Waals surface area contributed by atoms with Gasteiger partial charge in [-0.05, 0) is 71.9 Å². The van der Waals surface area contributed by atoms with Crippen LogP contribution in [0.4, 0.5) is 22.0 Å². The molecule has 0 fully saturated rings. The van der Waals surface area contributed by atoms with Crippen LogP contribution in [-0.4, -0.2) is 34.5 Å². The molecule has 168 valence electrons. The molecule has 0 radical (unpaired) electrons. The first-order valence-corrected chi connectivity index (χ1v) is 10.6. The zero-order chi connectivity index (χ0) is 23.5. The maximum atomic E-state index is 13.5. The number of aromatic nitrogens is 2. The van der Waals surface area contributed by atoms with E-state index in [4.69, 9.17) is 9.47 Å². The highest BCUT2D eigenvalue weighted by Crippen LogP contribution is 2.37. The lowest BCUT2D eigenvalue weighted by Crippen LogP contribution is -2.35. The molecule has 2 aromatic heterocycles. The van der Waals surface area contributed by atoms with Gasteiger partial charge in [0.05, 0.1) is 29.7 Å². The van der Waals surface area contributed by atoms with E-state index in [1.165, 1.54) is 4.90 Å². The first-order valence-electron chi connectivity index (χ1n) is 10.6. The number of carbonyl (C=O) groups is 1. The average molecular weight is 436 g/mol. The van der Waals surface area contributed by atoms with Crippen molar-refractivity contribution in [2.45, 2.75) is 47.1 Å². The molecule has 8 nitrogen and oxygen atoms in total. The smallest absolute Gasteiger partial charge is 0.420 e. The van der Waals surface area contributed by atoms with Crippen molar-refractivity contribution in [3.05, 3.63) is 47.7 Å². The lowest BCUT2D eigenvalue weighted by atomic mass is 10.1. The highest BCUT2D eigenvalue weighted by atomic mass is 16.6. The zero-order valence-corrected chi connectivity index (χ0v) is 19.4. The molecule has 8 heteroatoms. The Morgan fingerprint density at radius 2 is 1.91 bits per heavy atom. The minimum atomic E-state index is -0.700. The molecule has 0 unspecified atom stereocenters. The molecule has 3 aromatic rings. The number of nitrogens with zero attached hydrogens (tertiary/aromatic N) is 4. The van der Waals surface area contributed by atoms with E-state index in [-0.39, 0.29) is 0 Å². The van der Waals surface area contributed by atoms with E-state index in [1.54, 1.807) is 41.0 Å². The number of pyridine rings is 1. The summed E-state index contributed by atoms with van der Waals surface area (Å²) in [7, 11) is 0. The highest BCUT2D eigenvalue weighted by Gasteiger charge is 2.30. The van der Waals surface area contributed by atoms with Crippen LogP contribution in [0.2, 0.25) is 0 Å². The fourth-order valence-corrected chi connectivity index (χ4v) is 3.50. The molecule has 2 heterocycles. The monoisotopic (exact) mass is 435 g/mol. The third-order valence-electron chi connectivity index (χ3n) is 4.72. The van der Waals surface area contributed by atoms with Crippen LogP contribution in [0.15, 0.2) is 36.5 Å². The highest BCUT2D eigenvalue weighted by molar-refractivity contribution is 5.98. The van der Waals surface area contributed by atoms with E-state index in [0.29, 0.717) is 52.7 Å². The number of fused-ring (bicyclic) bond motifs is 1. The summed E-state index contributed by atoms with van der Waals surface area (Å²) in [4.78, 5) is 14.9. The van der Waals surface area contributed by atoms with Crippen molar-refractivity contribution < 1.29 is 14.3 Å². The van der Waals surface area contributed by atoms with Crippen LogP contribution >= 0.6 is 0 Å². The number of nitrogens with one attached hydrogen (secondary N) is 1. The first kappa shape index (κ1) is 22.9. The van der Waals surface area contributed by atoms with E-state index >= 15 is 0 Å². The normalized spacial score (nSPS) is 11.2. The van der Waals surface area contributed by atoms with Crippen molar-refractivity contribution in [1.29, 1.82) is 5.26 Å². The molecule has 32 heavy (non-hydrogen) atoms. The summed E-state index contributed by atoms with van der Waals surface area (Å²) in [6.45, 7) is 12.4. The zero-order valence-electron chi connectivity index (χ0n) is 19.4. The van der Waals surface area contributed by atoms with E-state index in [9.17, 15) is 10.1 Å². The molecule has 1 amide bonds. The maximum absolute atomic E-state index is 13.5. The number of carbonyl (C=O) groups excluding carboxylic acids is 1. The summed E-state index contributed by atoms with van der Waals surface area (Å²) in [6, 6.07) is 11.2. The van der Waals surface area contributed by atoms with Gasteiger partial charge in [0.1, 0.15) is 28.8 Å². The minimum Gasteiger partial charge on any atom is -0.494 e. The predicted octanol–water partition coefficient (Wildman–Crippen LogP) is 5.42. The van der Waals surface area contributed by atoms with Crippen LogP contribution in [0.1, 0.15) is 45.7 Å². The maximum Gasteiger partial charge on any atom is 0.420 e. The van der Waals surface area contributed by atoms with Gasteiger partial charge in [-0.3, -0.25) is 0 Å². The Morgan fingerprint density at radius 1 is 1.22 bits per heavy atom. The summed E-state index contributed by atoms with van der Waals surface area (Å²) >= 11 is 0. The van der Waals surface area contributed by atoms with Crippen molar-refractivity contribution in [3.63, 3.8) is 0 Å². The molecule has 1 N–H and O–H groups in total. The topological polar surface area (TPSA) is 91.9 Å². The fraction of sp³-hybridized carbons (Fsp3) is 0.375. The lowest BCUT2D eigenvalue weighted by molar-refractivity contribution is 0.0597. The van der Waals surface area contributed by atoms with Gasteiger partial charge in [-0.1, -0.05) is 0 Å². The van der Waals surface area contributed by atoms with Gasteiger partial charge in [0.2, 0.25) is 0 Å². The Morgan fingerprint density at radius 3 is 2.47 bits per heavy atom. The SMILES string of the molecule is CCNc1c(C)c(N(C(=O)OC(C)(C)C)c2ccc(OCC)cc2)n2nccc2c1C#N. The number of hydrogen-bond acceptors (Lipinski definition) is 6. The summed E-state index contributed by atoms with van der Waals surface area (Å²) in [6.07, 6.45) is 1.06. The van der Waals surface area contributed by atoms with Crippen LogP contribution in [0, 0.1) is 18.3 Å². The molecule has 0 saturated heterocycles. The third kappa shape index (κ3) is 4.47. The third-order valence-corrected chi connectivity index (χ3v) is 4.72. The second-order valence-electron chi connectivity index (χ2n) is 8.21. The van der Waals surface area contributed by atoms with E-state index in [2.05, 4.69) is 16.5 Å². The Balaban J connectivity index is 2.29. The van der Waals surface area contributed by atoms with Gasteiger partial charge in [-0.2, -0.15) is 10.4 Å². The Bertz CT molecular complexity index is 1150. The molecule has 0 saturated carbocycles. The summed E-state index contributed by atoms with van der Waals surface area (Å²) in [5.74, 6) is 1.20. The van der Waals surface area contributed by atoms with Crippen LogP contribution in [0.3, 0.4) is 0 Å².